The molecule has 0 fully saturated rings. The summed E-state index contributed by atoms with van der Waals surface area (Å²) in [6.45, 7) is 6.01. The van der Waals surface area contributed by atoms with Crippen molar-refractivity contribution in [3.8, 4) is 5.75 Å². The van der Waals surface area contributed by atoms with Gasteiger partial charge in [-0.25, -0.2) is 9.18 Å². The average molecular weight is 298 g/mol. The lowest BCUT2D eigenvalue weighted by Gasteiger charge is -2.20. The highest BCUT2D eigenvalue weighted by molar-refractivity contribution is 5.91. The minimum atomic E-state index is -0.422. The molecular weight excluding hydrogens is 275 g/mol. The Labute approximate surface area is 124 Å². The number of benzene rings is 1. The number of nitrogens with one attached hydrogen (secondary N) is 2. The molecule has 118 valence electrons. The van der Waals surface area contributed by atoms with Gasteiger partial charge in [0.05, 0.1) is 12.3 Å². The zero-order valence-corrected chi connectivity index (χ0v) is 12.6. The van der Waals surface area contributed by atoms with Crippen molar-refractivity contribution in [2.24, 2.45) is 5.92 Å². The molecule has 2 unspecified atom stereocenters. The van der Waals surface area contributed by atoms with Gasteiger partial charge < -0.3 is 20.5 Å². The molecule has 0 aliphatic heterocycles. The zero-order valence-electron chi connectivity index (χ0n) is 12.6. The van der Waals surface area contributed by atoms with Crippen molar-refractivity contribution >= 4 is 11.7 Å². The van der Waals surface area contributed by atoms with Crippen molar-refractivity contribution in [1.29, 1.82) is 0 Å². The van der Waals surface area contributed by atoms with Gasteiger partial charge in [0, 0.05) is 18.7 Å². The maximum Gasteiger partial charge on any atom is 0.319 e. The van der Waals surface area contributed by atoms with Crippen molar-refractivity contribution in [1.82, 2.24) is 5.32 Å². The molecule has 0 saturated heterocycles. The number of rotatable bonds is 7. The first-order valence-corrected chi connectivity index (χ1v) is 7.08. The van der Waals surface area contributed by atoms with E-state index < -0.39 is 11.8 Å². The Morgan fingerprint density at radius 2 is 2.14 bits per heavy atom. The van der Waals surface area contributed by atoms with E-state index >= 15 is 0 Å². The van der Waals surface area contributed by atoms with E-state index in [2.05, 4.69) is 10.6 Å². The van der Waals surface area contributed by atoms with E-state index in [-0.39, 0.29) is 18.6 Å². The van der Waals surface area contributed by atoms with Crippen LogP contribution in [0, 0.1) is 11.7 Å². The lowest BCUT2D eigenvalue weighted by molar-refractivity contribution is 0.204. The van der Waals surface area contributed by atoms with Crippen LogP contribution in [0.2, 0.25) is 0 Å². The highest BCUT2D eigenvalue weighted by Gasteiger charge is 2.15. The molecule has 6 heteroatoms. The Morgan fingerprint density at radius 3 is 2.76 bits per heavy atom. The fourth-order valence-corrected chi connectivity index (χ4v) is 1.60. The first kappa shape index (κ1) is 17.2. The molecule has 1 aromatic rings. The van der Waals surface area contributed by atoms with Gasteiger partial charge in [-0.15, -0.1) is 0 Å². The van der Waals surface area contributed by atoms with Crippen LogP contribution in [0.3, 0.4) is 0 Å². The maximum absolute atomic E-state index is 13.2. The molecule has 0 bridgehead atoms. The van der Waals surface area contributed by atoms with E-state index in [1.54, 1.807) is 6.92 Å². The number of ether oxygens (including phenoxy) is 1. The highest BCUT2D eigenvalue weighted by Crippen LogP contribution is 2.25. The summed E-state index contributed by atoms with van der Waals surface area (Å²) < 4.78 is 18.7. The summed E-state index contributed by atoms with van der Waals surface area (Å²) in [7, 11) is 0. The summed E-state index contributed by atoms with van der Waals surface area (Å²) in [6.07, 6.45) is 0.785. The lowest BCUT2D eigenvalue weighted by atomic mass is 10.1. The number of urea groups is 1. The van der Waals surface area contributed by atoms with Crippen LogP contribution in [0.4, 0.5) is 14.9 Å². The van der Waals surface area contributed by atoms with E-state index in [0.717, 1.165) is 6.42 Å². The molecule has 0 saturated carbocycles. The molecule has 1 aromatic carbocycles. The molecular formula is C15H23FN2O3. The van der Waals surface area contributed by atoms with E-state index in [1.807, 2.05) is 13.8 Å². The van der Waals surface area contributed by atoms with E-state index in [9.17, 15) is 9.18 Å². The van der Waals surface area contributed by atoms with E-state index in [0.29, 0.717) is 18.0 Å². The molecule has 2 amide bonds. The molecule has 0 radical (unpaired) electrons. The van der Waals surface area contributed by atoms with Gasteiger partial charge >= 0.3 is 6.03 Å². The van der Waals surface area contributed by atoms with Crippen LogP contribution in [-0.4, -0.2) is 30.4 Å². The second kappa shape index (κ2) is 8.46. The van der Waals surface area contributed by atoms with Crippen LogP contribution in [0.25, 0.3) is 0 Å². The predicted octanol–water partition coefficient (Wildman–Crippen LogP) is 2.75. The Hall–Kier alpha value is -1.82. The summed E-state index contributed by atoms with van der Waals surface area (Å²) >= 11 is 0. The number of halogens is 1. The summed E-state index contributed by atoms with van der Waals surface area (Å²) in [5, 5.41) is 14.4. The van der Waals surface area contributed by atoms with Crippen molar-refractivity contribution in [2.45, 2.75) is 33.2 Å². The van der Waals surface area contributed by atoms with Gasteiger partial charge in [0.1, 0.15) is 11.6 Å². The number of carbonyl (C=O) groups excluding carboxylic acids is 1. The van der Waals surface area contributed by atoms with Gasteiger partial charge in [0.25, 0.3) is 0 Å². The second-order valence-electron chi connectivity index (χ2n) is 5.04. The smallest absolute Gasteiger partial charge is 0.319 e. The minimum absolute atomic E-state index is 0.0111. The third kappa shape index (κ3) is 5.59. The highest BCUT2D eigenvalue weighted by atomic mass is 19.1. The molecule has 21 heavy (non-hydrogen) atoms. The number of aliphatic hydroxyl groups excluding tert-OH is 1. The molecule has 0 aromatic heterocycles. The van der Waals surface area contributed by atoms with E-state index in [1.165, 1.54) is 18.2 Å². The van der Waals surface area contributed by atoms with Crippen molar-refractivity contribution in [2.75, 3.05) is 18.5 Å². The van der Waals surface area contributed by atoms with Crippen LogP contribution in [0.5, 0.6) is 5.75 Å². The summed E-state index contributed by atoms with van der Waals surface area (Å²) in [6, 6.07) is 3.35. The van der Waals surface area contributed by atoms with Gasteiger partial charge in [-0.3, -0.25) is 0 Å². The zero-order chi connectivity index (χ0) is 15.8. The number of anilines is 1. The number of hydrogen-bond donors (Lipinski definition) is 3. The Bertz CT molecular complexity index is 468. The number of aliphatic hydroxyl groups is 1. The first-order valence-electron chi connectivity index (χ1n) is 7.08. The van der Waals surface area contributed by atoms with Gasteiger partial charge in [0.2, 0.25) is 0 Å². The number of hydrogen-bond acceptors (Lipinski definition) is 3. The molecule has 3 N–H and O–H groups in total. The Morgan fingerprint density at radius 1 is 1.43 bits per heavy atom. The molecule has 0 aliphatic rings. The van der Waals surface area contributed by atoms with Crippen LogP contribution >= 0.6 is 0 Å². The quantitative estimate of drug-likeness (QED) is 0.725. The topological polar surface area (TPSA) is 70.6 Å². The normalized spacial score (nSPS) is 13.4. The number of carbonyl (C=O) groups is 1. The maximum atomic E-state index is 13.2. The lowest BCUT2D eigenvalue weighted by Crippen LogP contribution is -2.40. The largest absolute Gasteiger partial charge is 0.491 e. The van der Waals surface area contributed by atoms with Gasteiger partial charge in [-0.2, -0.15) is 0 Å². The Kier molecular flexibility index (Phi) is 6.94. The van der Waals surface area contributed by atoms with Gasteiger partial charge in [-0.05, 0) is 31.4 Å². The first-order chi connectivity index (χ1) is 9.97. The number of amides is 2. The fourth-order valence-electron chi connectivity index (χ4n) is 1.60. The van der Waals surface area contributed by atoms with Gasteiger partial charge in [-0.1, -0.05) is 13.8 Å². The van der Waals surface area contributed by atoms with Crippen LogP contribution in [-0.2, 0) is 0 Å². The minimum Gasteiger partial charge on any atom is -0.491 e. The van der Waals surface area contributed by atoms with Crippen molar-refractivity contribution in [3.63, 3.8) is 0 Å². The third-order valence-corrected chi connectivity index (χ3v) is 3.15. The Balaban J connectivity index is 2.70. The van der Waals surface area contributed by atoms with Crippen LogP contribution < -0.4 is 15.4 Å². The summed E-state index contributed by atoms with van der Waals surface area (Å²) in [5.41, 5.74) is 0.409. The van der Waals surface area contributed by atoms with E-state index in [4.69, 9.17) is 9.84 Å². The van der Waals surface area contributed by atoms with Crippen molar-refractivity contribution < 1.29 is 19.0 Å². The fraction of sp³-hybridized carbons (Fsp3) is 0.533. The predicted molar refractivity (Wildman–Crippen MR) is 80.1 cm³/mol. The van der Waals surface area contributed by atoms with Crippen LogP contribution in [0.1, 0.15) is 27.2 Å². The summed E-state index contributed by atoms with van der Waals surface area (Å²) in [5.74, 6) is -0.177. The van der Waals surface area contributed by atoms with Crippen molar-refractivity contribution in [3.05, 3.63) is 24.0 Å². The molecule has 2 atom stereocenters. The standard InChI is InChI=1S/C15H23FN2O3/c1-4-7-21-14-8-12(16)5-6-13(14)18-15(20)17-11(3)10(2)9-19/h5-6,8,10-11,19H,4,7,9H2,1-3H3,(H2,17,18,20). The van der Waals surface area contributed by atoms with Crippen LogP contribution in [0.15, 0.2) is 18.2 Å². The monoisotopic (exact) mass is 298 g/mol. The summed E-state index contributed by atoms with van der Waals surface area (Å²) in [4.78, 5) is 11.9. The second-order valence-corrected chi connectivity index (χ2v) is 5.04. The molecule has 1 rings (SSSR count). The molecule has 0 heterocycles. The molecule has 0 spiro atoms. The molecule has 0 aliphatic carbocycles. The SMILES string of the molecule is CCCOc1cc(F)ccc1NC(=O)NC(C)C(C)CO. The average Bonchev–Trinajstić information content (AvgIpc) is 2.46. The molecule has 5 nitrogen and oxygen atoms in total. The third-order valence-electron chi connectivity index (χ3n) is 3.15. The van der Waals surface area contributed by atoms with Gasteiger partial charge in [0.15, 0.2) is 0 Å².